The molecule has 0 aromatic rings. The minimum absolute atomic E-state index is 0.531. The Morgan fingerprint density at radius 1 is 1.64 bits per heavy atom. The van der Waals surface area contributed by atoms with Crippen LogP contribution < -0.4 is 0 Å². The highest BCUT2D eigenvalue weighted by Gasteiger charge is 2.16. The lowest BCUT2D eigenvalue weighted by molar-refractivity contribution is 0.996. The molecule has 0 saturated heterocycles. The van der Waals surface area contributed by atoms with Gasteiger partial charge in [0.05, 0.1) is 11.8 Å². The lowest BCUT2D eigenvalue weighted by Crippen LogP contribution is -2.24. The maximum atomic E-state index is 4.40. The Kier molecular flexibility index (Phi) is 3.12. The van der Waals surface area contributed by atoms with Crippen LogP contribution in [0.2, 0.25) is 0 Å². The summed E-state index contributed by atoms with van der Waals surface area (Å²) in [7, 11) is 0. The molecule has 62 valence electrons. The summed E-state index contributed by atoms with van der Waals surface area (Å²) in [6.07, 6.45) is 3.17. The number of hydrogen-bond acceptors (Lipinski definition) is 3. The zero-order valence-electron chi connectivity index (χ0n) is 7.29. The van der Waals surface area contributed by atoms with Crippen LogP contribution in [-0.4, -0.2) is 29.6 Å². The fourth-order valence-electron chi connectivity index (χ4n) is 1.15. The van der Waals surface area contributed by atoms with Crippen molar-refractivity contribution in [3.63, 3.8) is 0 Å². The summed E-state index contributed by atoms with van der Waals surface area (Å²) in [4.78, 5) is 8.69. The largest absolute Gasteiger partial charge is 0.269 e. The second kappa shape index (κ2) is 3.90. The van der Waals surface area contributed by atoms with Crippen molar-refractivity contribution in [3.8, 4) is 0 Å². The van der Waals surface area contributed by atoms with Crippen molar-refractivity contribution in [2.75, 3.05) is 12.8 Å². The molecule has 0 bridgehead atoms. The van der Waals surface area contributed by atoms with Crippen LogP contribution >= 0.6 is 11.8 Å². The highest BCUT2D eigenvalue weighted by Crippen LogP contribution is 2.15. The molecule has 1 aliphatic heterocycles. The maximum Gasteiger partial charge on any atom is 0.120 e. The van der Waals surface area contributed by atoms with Crippen LogP contribution in [0.25, 0.3) is 0 Å². The average Bonchev–Trinajstić information content (AvgIpc) is 2.04. The molecule has 0 spiro atoms. The van der Waals surface area contributed by atoms with Crippen molar-refractivity contribution >= 4 is 23.3 Å². The SMILES string of the molecule is CCC1=NC(C)=NCC1SC. The fourth-order valence-corrected chi connectivity index (χ4v) is 1.87. The Labute approximate surface area is 72.2 Å². The molecule has 0 aromatic heterocycles. The minimum atomic E-state index is 0.531. The number of hydrogen-bond donors (Lipinski definition) is 0. The van der Waals surface area contributed by atoms with E-state index < -0.39 is 0 Å². The molecule has 1 unspecified atom stereocenters. The van der Waals surface area contributed by atoms with Gasteiger partial charge in [0.1, 0.15) is 5.84 Å². The molecule has 11 heavy (non-hydrogen) atoms. The second-order valence-electron chi connectivity index (χ2n) is 2.57. The zero-order chi connectivity index (χ0) is 8.27. The van der Waals surface area contributed by atoms with Crippen molar-refractivity contribution in [1.82, 2.24) is 0 Å². The van der Waals surface area contributed by atoms with Gasteiger partial charge in [-0.1, -0.05) is 6.92 Å². The lowest BCUT2D eigenvalue weighted by atomic mass is 10.2. The third kappa shape index (κ3) is 2.06. The monoisotopic (exact) mass is 170 g/mol. The predicted octanol–water partition coefficient (Wildman–Crippen LogP) is 2.00. The van der Waals surface area contributed by atoms with Crippen molar-refractivity contribution in [2.45, 2.75) is 25.5 Å². The average molecular weight is 170 g/mol. The minimum Gasteiger partial charge on any atom is -0.269 e. The van der Waals surface area contributed by atoms with Gasteiger partial charge in [-0.25, -0.2) is 4.99 Å². The van der Waals surface area contributed by atoms with E-state index in [2.05, 4.69) is 23.2 Å². The van der Waals surface area contributed by atoms with Gasteiger partial charge in [-0.2, -0.15) is 11.8 Å². The van der Waals surface area contributed by atoms with Crippen molar-refractivity contribution in [1.29, 1.82) is 0 Å². The van der Waals surface area contributed by atoms with Crippen LogP contribution in [0, 0.1) is 0 Å². The summed E-state index contributed by atoms with van der Waals surface area (Å²) in [6.45, 7) is 5.03. The highest BCUT2D eigenvalue weighted by molar-refractivity contribution is 8.00. The molecular formula is C8H14N2S. The molecule has 0 aromatic carbocycles. The van der Waals surface area contributed by atoms with Crippen LogP contribution in [0.3, 0.4) is 0 Å². The van der Waals surface area contributed by atoms with Gasteiger partial charge >= 0.3 is 0 Å². The molecule has 1 atom stereocenters. The van der Waals surface area contributed by atoms with E-state index in [1.54, 1.807) is 0 Å². The smallest absolute Gasteiger partial charge is 0.120 e. The van der Waals surface area contributed by atoms with Gasteiger partial charge in [-0.3, -0.25) is 4.99 Å². The first kappa shape index (κ1) is 8.78. The normalized spacial score (nSPS) is 24.5. The molecule has 3 heteroatoms. The van der Waals surface area contributed by atoms with E-state index in [-0.39, 0.29) is 0 Å². The number of aliphatic imine (C=N–C) groups is 2. The molecule has 0 aliphatic carbocycles. The van der Waals surface area contributed by atoms with E-state index in [9.17, 15) is 0 Å². The van der Waals surface area contributed by atoms with Crippen LogP contribution in [0.4, 0.5) is 0 Å². The molecule has 2 nitrogen and oxygen atoms in total. The van der Waals surface area contributed by atoms with E-state index in [1.165, 1.54) is 5.71 Å². The van der Waals surface area contributed by atoms with E-state index in [4.69, 9.17) is 0 Å². The number of nitrogens with zero attached hydrogens (tertiary/aromatic N) is 2. The Morgan fingerprint density at radius 2 is 2.36 bits per heavy atom. The number of thioether (sulfide) groups is 1. The summed E-state index contributed by atoms with van der Waals surface area (Å²) in [6, 6.07) is 0. The van der Waals surface area contributed by atoms with Gasteiger partial charge in [0.15, 0.2) is 0 Å². The standard InChI is InChI=1S/C8H14N2S/c1-4-7-8(11-3)5-9-6(2)10-7/h8H,4-5H2,1-3H3. The quantitative estimate of drug-likeness (QED) is 0.622. The van der Waals surface area contributed by atoms with Gasteiger partial charge in [0, 0.05) is 5.71 Å². The fraction of sp³-hybridized carbons (Fsp3) is 0.750. The lowest BCUT2D eigenvalue weighted by Gasteiger charge is -2.17. The summed E-state index contributed by atoms with van der Waals surface area (Å²) < 4.78 is 0. The van der Waals surface area contributed by atoms with E-state index in [0.717, 1.165) is 18.8 Å². The zero-order valence-corrected chi connectivity index (χ0v) is 8.11. The van der Waals surface area contributed by atoms with Crippen LogP contribution in [0.1, 0.15) is 20.3 Å². The van der Waals surface area contributed by atoms with Gasteiger partial charge in [-0.05, 0) is 19.6 Å². The predicted molar refractivity (Wildman–Crippen MR) is 53.0 cm³/mol. The Balaban J connectivity index is 2.71. The topological polar surface area (TPSA) is 24.7 Å². The summed E-state index contributed by atoms with van der Waals surface area (Å²) in [5.41, 5.74) is 1.30. The molecule has 0 amide bonds. The molecule has 0 fully saturated rings. The van der Waals surface area contributed by atoms with E-state index >= 15 is 0 Å². The molecule has 1 aliphatic rings. The Morgan fingerprint density at radius 3 is 2.91 bits per heavy atom. The van der Waals surface area contributed by atoms with Crippen LogP contribution in [-0.2, 0) is 0 Å². The number of rotatable bonds is 2. The van der Waals surface area contributed by atoms with Crippen molar-refractivity contribution < 1.29 is 0 Å². The third-order valence-electron chi connectivity index (χ3n) is 1.81. The van der Waals surface area contributed by atoms with Gasteiger partial charge < -0.3 is 0 Å². The second-order valence-corrected chi connectivity index (χ2v) is 3.61. The molecule has 1 rings (SSSR count). The molecule has 0 radical (unpaired) electrons. The first-order chi connectivity index (χ1) is 5.27. The first-order valence-electron chi connectivity index (χ1n) is 3.89. The molecule has 0 saturated carbocycles. The van der Waals surface area contributed by atoms with Gasteiger partial charge in [0.25, 0.3) is 0 Å². The van der Waals surface area contributed by atoms with E-state index in [0.29, 0.717) is 5.25 Å². The number of amidine groups is 1. The first-order valence-corrected chi connectivity index (χ1v) is 5.18. The van der Waals surface area contributed by atoms with Gasteiger partial charge in [-0.15, -0.1) is 0 Å². The Hall–Kier alpha value is -0.310. The Bertz CT molecular complexity index is 196. The van der Waals surface area contributed by atoms with Crippen molar-refractivity contribution in [2.24, 2.45) is 9.98 Å². The molecular weight excluding hydrogens is 156 g/mol. The van der Waals surface area contributed by atoms with E-state index in [1.807, 2.05) is 18.7 Å². The summed E-state index contributed by atoms with van der Waals surface area (Å²) in [5.74, 6) is 0.937. The van der Waals surface area contributed by atoms with Crippen LogP contribution in [0.15, 0.2) is 9.98 Å². The maximum absolute atomic E-state index is 4.40. The third-order valence-corrected chi connectivity index (χ3v) is 2.80. The molecule has 1 heterocycles. The summed E-state index contributed by atoms with van der Waals surface area (Å²) in [5, 5.41) is 0.531. The van der Waals surface area contributed by atoms with Gasteiger partial charge in [0.2, 0.25) is 0 Å². The molecule has 0 N–H and O–H groups in total. The summed E-state index contributed by atoms with van der Waals surface area (Å²) >= 11 is 1.84. The van der Waals surface area contributed by atoms with Crippen LogP contribution in [0.5, 0.6) is 0 Å². The highest BCUT2D eigenvalue weighted by atomic mass is 32.2. The van der Waals surface area contributed by atoms with Crippen molar-refractivity contribution in [3.05, 3.63) is 0 Å².